The molecule has 0 spiro atoms. The number of nitrogens with one attached hydrogen (secondary N) is 2. The first-order valence-electron chi connectivity index (χ1n) is 13.4. The fourth-order valence-electron chi connectivity index (χ4n) is 5.43. The van der Waals surface area contributed by atoms with Crippen molar-refractivity contribution in [2.45, 2.75) is 45.5 Å². The van der Waals surface area contributed by atoms with Crippen LogP contribution in [0.1, 0.15) is 53.6 Å². The Kier molecular flexibility index (Phi) is 7.96. The molecule has 3 heterocycles. The second kappa shape index (κ2) is 11.5. The van der Waals surface area contributed by atoms with Gasteiger partial charge in [-0.05, 0) is 80.2 Å². The number of nitrogens with zero attached hydrogens (tertiary/aromatic N) is 3. The van der Waals surface area contributed by atoms with E-state index >= 15 is 0 Å². The van der Waals surface area contributed by atoms with Gasteiger partial charge in [-0.2, -0.15) is 13.2 Å². The van der Waals surface area contributed by atoms with Crippen molar-refractivity contribution in [3.05, 3.63) is 101 Å². The fourth-order valence-corrected chi connectivity index (χ4v) is 5.77. The van der Waals surface area contributed by atoms with Crippen LogP contribution >= 0.6 is 12.2 Å². The number of hydrogen-bond donors (Lipinski definition) is 2. The van der Waals surface area contributed by atoms with Gasteiger partial charge in [-0.3, -0.25) is 9.78 Å². The molecule has 0 bridgehead atoms. The van der Waals surface area contributed by atoms with Crippen molar-refractivity contribution in [1.29, 1.82) is 0 Å². The van der Waals surface area contributed by atoms with Crippen molar-refractivity contribution in [2.75, 3.05) is 17.3 Å². The van der Waals surface area contributed by atoms with Crippen molar-refractivity contribution < 1.29 is 22.7 Å². The maximum Gasteiger partial charge on any atom is 0.416 e. The van der Waals surface area contributed by atoms with E-state index in [1.807, 2.05) is 53.6 Å². The van der Waals surface area contributed by atoms with E-state index in [-0.39, 0.29) is 11.9 Å². The fraction of sp³-hybridized carbons (Fsp3) is 0.258. The average Bonchev–Trinajstić information content (AvgIpc) is 3.47. The molecular formula is C31H30F3N5O2S. The predicted molar refractivity (Wildman–Crippen MR) is 160 cm³/mol. The topological polar surface area (TPSA) is 71.4 Å². The lowest BCUT2D eigenvalue weighted by Crippen LogP contribution is -2.29. The molecule has 0 aliphatic carbocycles. The smallest absolute Gasteiger partial charge is 0.416 e. The minimum atomic E-state index is -4.46. The zero-order valence-electron chi connectivity index (χ0n) is 23.5. The van der Waals surface area contributed by atoms with E-state index in [0.717, 1.165) is 34.8 Å². The van der Waals surface area contributed by atoms with Gasteiger partial charge in [0.1, 0.15) is 5.75 Å². The summed E-state index contributed by atoms with van der Waals surface area (Å²) in [5, 5.41) is 6.71. The van der Waals surface area contributed by atoms with E-state index in [2.05, 4.69) is 15.6 Å². The third kappa shape index (κ3) is 5.44. The molecule has 2 N–H and O–H groups in total. The predicted octanol–water partition coefficient (Wildman–Crippen LogP) is 7.04. The van der Waals surface area contributed by atoms with Crippen LogP contribution in [0, 0.1) is 13.8 Å². The lowest BCUT2D eigenvalue weighted by molar-refractivity contribution is -0.137. The zero-order chi connectivity index (χ0) is 30.2. The minimum Gasteiger partial charge on any atom is -0.494 e. The molecule has 5 rings (SSSR count). The number of ether oxygens (including phenoxy) is 1. The Balaban J connectivity index is 1.65. The number of hydrogen-bond acceptors (Lipinski definition) is 4. The van der Waals surface area contributed by atoms with Gasteiger partial charge < -0.3 is 24.8 Å². The Labute approximate surface area is 247 Å². The number of halogens is 3. The van der Waals surface area contributed by atoms with Gasteiger partial charge in [-0.25, -0.2) is 0 Å². The Morgan fingerprint density at radius 3 is 2.52 bits per heavy atom. The van der Waals surface area contributed by atoms with Crippen molar-refractivity contribution in [3.8, 4) is 11.4 Å². The summed E-state index contributed by atoms with van der Waals surface area (Å²) in [4.78, 5) is 18.6. The summed E-state index contributed by atoms with van der Waals surface area (Å²) in [6, 6.07) is 17.6. The molecule has 0 saturated carbocycles. The van der Waals surface area contributed by atoms with Crippen LogP contribution in [0.5, 0.6) is 5.75 Å². The van der Waals surface area contributed by atoms with Gasteiger partial charge in [0, 0.05) is 41.4 Å². The molecule has 11 heteroatoms. The van der Waals surface area contributed by atoms with Gasteiger partial charge in [0.25, 0.3) is 0 Å². The van der Waals surface area contributed by atoms with Crippen LogP contribution in [0.4, 0.5) is 24.5 Å². The second-order valence-electron chi connectivity index (χ2n) is 9.99. The summed E-state index contributed by atoms with van der Waals surface area (Å²) in [7, 11) is 1.53. The molecule has 1 aliphatic rings. The van der Waals surface area contributed by atoms with Crippen molar-refractivity contribution in [1.82, 2.24) is 14.9 Å². The van der Waals surface area contributed by atoms with Gasteiger partial charge in [0.2, 0.25) is 5.91 Å². The van der Waals surface area contributed by atoms with Gasteiger partial charge in [-0.15, -0.1) is 0 Å². The SMILES string of the molecule is CCC(=O)Nc1ccc(N2C(=S)N[C@H](c3ccccn3)[C@H]2c2cc(C)n(-c3cccc(C(F)(F)F)c3)c2C)cc1OC. The largest absolute Gasteiger partial charge is 0.494 e. The number of thiocarbonyl (C=S) groups is 1. The summed E-state index contributed by atoms with van der Waals surface area (Å²) in [6.45, 7) is 5.52. The van der Waals surface area contributed by atoms with E-state index in [0.29, 0.717) is 34.3 Å². The molecule has 4 aromatic rings. The van der Waals surface area contributed by atoms with Crippen LogP contribution in [0.2, 0.25) is 0 Å². The van der Waals surface area contributed by atoms with Gasteiger partial charge in [0.05, 0.1) is 36.1 Å². The number of benzene rings is 2. The van der Waals surface area contributed by atoms with E-state index in [4.69, 9.17) is 17.0 Å². The normalized spacial score (nSPS) is 16.8. The molecule has 1 amide bonds. The molecule has 0 radical (unpaired) electrons. The van der Waals surface area contributed by atoms with Crippen LogP contribution in [0.15, 0.2) is 72.9 Å². The van der Waals surface area contributed by atoms with Gasteiger partial charge >= 0.3 is 6.18 Å². The Morgan fingerprint density at radius 2 is 1.86 bits per heavy atom. The standard InChI is InChI=1S/C31H30F3N5O2S/c1-5-27(40)36-24-13-12-22(17-26(24)41-4)39-29(28(37-30(39)42)25-11-6-7-14-35-25)23-15-18(2)38(19(23)3)21-10-8-9-20(16-21)31(32,33)34/h6-17,28-29H,5H2,1-4H3,(H,36,40)(H,37,42)/t28-,29-/m1/s1. The number of pyridine rings is 1. The lowest BCUT2D eigenvalue weighted by Gasteiger charge is -2.29. The van der Waals surface area contributed by atoms with Crippen LogP contribution in [-0.2, 0) is 11.0 Å². The van der Waals surface area contributed by atoms with Crippen LogP contribution in [0.3, 0.4) is 0 Å². The molecular weight excluding hydrogens is 563 g/mol. The van der Waals surface area contributed by atoms with Crippen molar-refractivity contribution in [3.63, 3.8) is 0 Å². The number of aromatic nitrogens is 2. The summed E-state index contributed by atoms with van der Waals surface area (Å²) in [5.41, 5.74) is 4.12. The molecule has 1 saturated heterocycles. The number of alkyl halides is 3. The quantitative estimate of drug-likeness (QED) is 0.224. The first kappa shape index (κ1) is 29.1. The third-order valence-electron chi connectivity index (χ3n) is 7.38. The third-order valence-corrected chi connectivity index (χ3v) is 7.69. The molecule has 1 aliphatic heterocycles. The second-order valence-corrected chi connectivity index (χ2v) is 10.4. The molecule has 1 fully saturated rings. The van der Waals surface area contributed by atoms with Gasteiger partial charge in [0.15, 0.2) is 5.11 Å². The number of carbonyl (C=O) groups is 1. The van der Waals surface area contributed by atoms with E-state index in [9.17, 15) is 18.0 Å². The monoisotopic (exact) mass is 593 g/mol. The number of rotatable bonds is 7. The number of amides is 1. The average molecular weight is 594 g/mol. The molecule has 2 atom stereocenters. The highest BCUT2D eigenvalue weighted by molar-refractivity contribution is 7.80. The van der Waals surface area contributed by atoms with Gasteiger partial charge in [-0.1, -0.05) is 19.1 Å². The number of methoxy groups -OCH3 is 1. The first-order chi connectivity index (χ1) is 20.0. The van der Waals surface area contributed by atoms with Crippen molar-refractivity contribution >= 4 is 34.6 Å². The van der Waals surface area contributed by atoms with Crippen LogP contribution in [-0.4, -0.2) is 27.7 Å². The molecule has 42 heavy (non-hydrogen) atoms. The first-order valence-corrected chi connectivity index (χ1v) is 13.8. The molecule has 2 aromatic carbocycles. The molecule has 2 aromatic heterocycles. The summed E-state index contributed by atoms with van der Waals surface area (Å²) < 4.78 is 48.1. The highest BCUT2D eigenvalue weighted by atomic mass is 32.1. The molecule has 218 valence electrons. The Hall–Kier alpha value is -4.38. The van der Waals surface area contributed by atoms with Crippen LogP contribution in [0.25, 0.3) is 5.69 Å². The van der Waals surface area contributed by atoms with E-state index < -0.39 is 17.8 Å². The summed E-state index contributed by atoms with van der Waals surface area (Å²) in [5.74, 6) is 0.320. The Bertz CT molecular complexity index is 1640. The molecule has 0 unspecified atom stereocenters. The summed E-state index contributed by atoms with van der Waals surface area (Å²) in [6.07, 6.45) is -2.43. The minimum absolute atomic E-state index is 0.144. The lowest BCUT2D eigenvalue weighted by atomic mass is 9.96. The van der Waals surface area contributed by atoms with E-state index in [1.54, 1.807) is 31.3 Å². The maximum atomic E-state index is 13.6. The molecule has 7 nitrogen and oxygen atoms in total. The number of carbonyl (C=O) groups excluding carboxylic acids is 1. The van der Waals surface area contributed by atoms with E-state index in [1.165, 1.54) is 13.2 Å². The van der Waals surface area contributed by atoms with Crippen LogP contribution < -0.4 is 20.3 Å². The highest BCUT2D eigenvalue weighted by Gasteiger charge is 2.42. The maximum absolute atomic E-state index is 13.6. The highest BCUT2D eigenvalue weighted by Crippen LogP contribution is 2.45. The Morgan fingerprint density at radius 1 is 1.07 bits per heavy atom. The summed E-state index contributed by atoms with van der Waals surface area (Å²) >= 11 is 5.86. The zero-order valence-corrected chi connectivity index (χ0v) is 24.3. The van der Waals surface area contributed by atoms with Crippen molar-refractivity contribution in [2.24, 2.45) is 0 Å². The number of aryl methyl sites for hydroxylation is 1. The number of anilines is 2.